The molecule has 104 valence electrons. The number of rotatable bonds is 6. The molecule has 0 aliphatic rings. The van der Waals surface area contributed by atoms with Gasteiger partial charge in [-0.3, -0.25) is 5.10 Å². The van der Waals surface area contributed by atoms with Crippen LogP contribution in [0.2, 0.25) is 0 Å². The summed E-state index contributed by atoms with van der Waals surface area (Å²) in [4.78, 5) is 1.14. The van der Waals surface area contributed by atoms with E-state index in [2.05, 4.69) is 14.9 Å². The van der Waals surface area contributed by atoms with Gasteiger partial charge in [-0.2, -0.15) is 5.10 Å². The average Bonchev–Trinajstić information content (AvgIpc) is 2.98. The number of aromatic nitrogens is 2. The molecule has 0 spiro atoms. The molecule has 2 aromatic rings. The fourth-order valence-corrected chi connectivity index (χ4v) is 3.67. The first kappa shape index (κ1) is 14.2. The Labute approximate surface area is 116 Å². The second-order valence-electron chi connectivity index (χ2n) is 4.06. The fourth-order valence-electron chi connectivity index (χ4n) is 1.72. The maximum absolute atomic E-state index is 12.1. The van der Waals surface area contributed by atoms with E-state index in [0.29, 0.717) is 24.2 Å². The number of sulfonamides is 1. The lowest BCUT2D eigenvalue weighted by Crippen LogP contribution is -2.27. The van der Waals surface area contributed by atoms with Gasteiger partial charge in [0.25, 0.3) is 10.0 Å². The Bertz CT molecular complexity index is 632. The third-order valence-corrected chi connectivity index (χ3v) is 5.11. The quantitative estimate of drug-likeness (QED) is 0.733. The molecule has 0 atom stereocenters. The van der Waals surface area contributed by atoms with Crippen molar-refractivity contribution in [1.82, 2.24) is 14.9 Å². The zero-order valence-electron chi connectivity index (χ0n) is 10.5. The van der Waals surface area contributed by atoms with Crippen molar-refractivity contribution >= 4 is 21.4 Å². The Balaban J connectivity index is 2.05. The molecule has 2 rings (SSSR count). The van der Waals surface area contributed by atoms with E-state index in [9.17, 15) is 8.42 Å². The largest absolute Gasteiger partial charge is 0.326 e. The Morgan fingerprint density at radius 3 is 2.95 bits per heavy atom. The van der Waals surface area contributed by atoms with E-state index in [-0.39, 0.29) is 11.6 Å². The first-order valence-electron chi connectivity index (χ1n) is 5.80. The van der Waals surface area contributed by atoms with Crippen LogP contribution in [0.25, 0.3) is 0 Å². The molecule has 0 amide bonds. The summed E-state index contributed by atoms with van der Waals surface area (Å²) in [5, 5.41) is 8.44. The minimum atomic E-state index is -3.60. The van der Waals surface area contributed by atoms with Crippen LogP contribution >= 0.6 is 11.3 Å². The molecule has 4 N–H and O–H groups in total. The van der Waals surface area contributed by atoms with E-state index < -0.39 is 10.0 Å². The number of nitrogens with zero attached hydrogens (tertiary/aromatic N) is 1. The van der Waals surface area contributed by atoms with Gasteiger partial charge in [-0.25, -0.2) is 13.1 Å². The first-order valence-corrected chi connectivity index (χ1v) is 8.17. The van der Waals surface area contributed by atoms with Crippen LogP contribution in [0.1, 0.15) is 16.1 Å². The maximum Gasteiger partial charge on any atom is 0.260 e. The standard InChI is InChI=1S/C11H16N4O2S2/c1-8-10(7-12)11(15-14-8)19(16,17)13-5-4-9-3-2-6-18-9/h2-3,6,13H,4-5,7,12H2,1H3,(H,14,15). The van der Waals surface area contributed by atoms with Crippen molar-refractivity contribution in [1.29, 1.82) is 0 Å². The molecule has 0 radical (unpaired) electrons. The lowest BCUT2D eigenvalue weighted by atomic mass is 10.3. The van der Waals surface area contributed by atoms with E-state index in [1.54, 1.807) is 18.3 Å². The van der Waals surface area contributed by atoms with Crippen LogP contribution < -0.4 is 10.5 Å². The molecule has 2 aromatic heterocycles. The lowest BCUT2D eigenvalue weighted by Gasteiger charge is -2.05. The summed E-state index contributed by atoms with van der Waals surface area (Å²) in [6.07, 6.45) is 0.665. The van der Waals surface area contributed by atoms with Crippen molar-refractivity contribution in [3.8, 4) is 0 Å². The summed E-state index contributed by atoms with van der Waals surface area (Å²) in [6, 6.07) is 3.92. The number of hydrogen-bond acceptors (Lipinski definition) is 5. The number of aromatic amines is 1. The Kier molecular flexibility index (Phi) is 4.35. The second kappa shape index (κ2) is 5.83. The van der Waals surface area contributed by atoms with Gasteiger partial charge < -0.3 is 5.73 Å². The molecule has 0 saturated carbocycles. The zero-order valence-corrected chi connectivity index (χ0v) is 12.1. The molecule has 0 aromatic carbocycles. The maximum atomic E-state index is 12.1. The highest BCUT2D eigenvalue weighted by atomic mass is 32.2. The summed E-state index contributed by atoms with van der Waals surface area (Å²) >= 11 is 1.60. The van der Waals surface area contributed by atoms with Gasteiger partial charge in [0.1, 0.15) is 0 Å². The van der Waals surface area contributed by atoms with Crippen molar-refractivity contribution in [2.75, 3.05) is 6.54 Å². The van der Waals surface area contributed by atoms with Crippen LogP contribution in [-0.2, 0) is 23.0 Å². The van der Waals surface area contributed by atoms with Crippen molar-refractivity contribution in [3.05, 3.63) is 33.6 Å². The van der Waals surface area contributed by atoms with E-state index in [0.717, 1.165) is 4.88 Å². The molecule has 0 aliphatic carbocycles. The van der Waals surface area contributed by atoms with Gasteiger partial charge in [-0.1, -0.05) is 6.07 Å². The van der Waals surface area contributed by atoms with Gasteiger partial charge in [-0.15, -0.1) is 11.3 Å². The van der Waals surface area contributed by atoms with Crippen molar-refractivity contribution < 1.29 is 8.42 Å². The van der Waals surface area contributed by atoms with Crippen LogP contribution in [0.4, 0.5) is 0 Å². The van der Waals surface area contributed by atoms with Gasteiger partial charge in [0.2, 0.25) is 0 Å². The van der Waals surface area contributed by atoms with Crippen LogP contribution in [0, 0.1) is 6.92 Å². The van der Waals surface area contributed by atoms with Crippen LogP contribution in [-0.4, -0.2) is 25.2 Å². The zero-order chi connectivity index (χ0) is 13.9. The number of nitrogens with two attached hydrogens (primary N) is 1. The predicted molar refractivity (Wildman–Crippen MR) is 74.4 cm³/mol. The average molecular weight is 300 g/mol. The minimum absolute atomic E-state index is 0.00122. The van der Waals surface area contributed by atoms with Crippen LogP contribution in [0.5, 0.6) is 0 Å². The van der Waals surface area contributed by atoms with Crippen molar-refractivity contribution in [2.45, 2.75) is 24.9 Å². The molecule has 2 heterocycles. The molecular formula is C11H16N4O2S2. The van der Waals surface area contributed by atoms with E-state index in [4.69, 9.17) is 5.73 Å². The van der Waals surface area contributed by atoms with Crippen molar-refractivity contribution in [2.24, 2.45) is 5.73 Å². The number of aryl methyl sites for hydroxylation is 1. The number of hydrogen-bond donors (Lipinski definition) is 3. The third-order valence-electron chi connectivity index (χ3n) is 2.74. The highest BCUT2D eigenvalue weighted by Crippen LogP contribution is 2.15. The topological polar surface area (TPSA) is 101 Å². The molecule has 8 heteroatoms. The molecule has 6 nitrogen and oxygen atoms in total. The van der Waals surface area contributed by atoms with E-state index in [1.807, 2.05) is 17.5 Å². The van der Waals surface area contributed by atoms with E-state index in [1.165, 1.54) is 0 Å². The molecule has 0 bridgehead atoms. The molecule has 0 unspecified atom stereocenters. The van der Waals surface area contributed by atoms with Crippen LogP contribution in [0.3, 0.4) is 0 Å². The summed E-state index contributed by atoms with van der Waals surface area (Å²) in [6.45, 7) is 2.24. The summed E-state index contributed by atoms with van der Waals surface area (Å²) < 4.78 is 26.8. The minimum Gasteiger partial charge on any atom is -0.326 e. The van der Waals surface area contributed by atoms with E-state index >= 15 is 0 Å². The fraction of sp³-hybridized carbons (Fsp3) is 0.364. The summed E-state index contributed by atoms with van der Waals surface area (Å²) in [7, 11) is -3.60. The number of nitrogens with one attached hydrogen (secondary N) is 2. The highest BCUT2D eigenvalue weighted by Gasteiger charge is 2.22. The van der Waals surface area contributed by atoms with Gasteiger partial charge in [0.05, 0.1) is 0 Å². The van der Waals surface area contributed by atoms with Gasteiger partial charge in [0.15, 0.2) is 5.03 Å². The summed E-state index contributed by atoms with van der Waals surface area (Å²) in [5.74, 6) is 0. The smallest absolute Gasteiger partial charge is 0.260 e. The Morgan fingerprint density at radius 1 is 1.53 bits per heavy atom. The van der Waals surface area contributed by atoms with Crippen molar-refractivity contribution in [3.63, 3.8) is 0 Å². The first-order chi connectivity index (χ1) is 9.04. The second-order valence-corrected chi connectivity index (χ2v) is 6.78. The molecule has 19 heavy (non-hydrogen) atoms. The highest BCUT2D eigenvalue weighted by molar-refractivity contribution is 7.89. The molecule has 0 saturated heterocycles. The van der Waals surface area contributed by atoms with Crippen LogP contribution in [0.15, 0.2) is 22.5 Å². The predicted octanol–water partition coefficient (Wildman–Crippen LogP) is 0.759. The summed E-state index contributed by atoms with van der Waals surface area (Å²) in [5.41, 5.74) is 6.76. The lowest BCUT2D eigenvalue weighted by molar-refractivity contribution is 0.576. The number of thiophene rings is 1. The molecule has 0 aliphatic heterocycles. The van der Waals surface area contributed by atoms with Gasteiger partial charge >= 0.3 is 0 Å². The molecular weight excluding hydrogens is 284 g/mol. The number of H-pyrrole nitrogens is 1. The Hall–Kier alpha value is -1.22. The Morgan fingerprint density at radius 2 is 2.32 bits per heavy atom. The monoisotopic (exact) mass is 300 g/mol. The third kappa shape index (κ3) is 3.21. The normalized spacial score (nSPS) is 11.9. The van der Waals surface area contributed by atoms with Gasteiger partial charge in [-0.05, 0) is 24.8 Å². The SMILES string of the molecule is Cc1[nH]nc(S(=O)(=O)NCCc2cccs2)c1CN. The van der Waals surface area contributed by atoms with Gasteiger partial charge in [0, 0.05) is 29.2 Å². The molecule has 0 fully saturated rings.